The van der Waals surface area contributed by atoms with Gasteiger partial charge in [0, 0.05) is 22.1 Å². The number of esters is 1. The largest absolute Gasteiger partial charge is 0.455 e. The molecule has 1 heterocycles. The highest BCUT2D eigenvalue weighted by atomic mass is 79.9. The lowest BCUT2D eigenvalue weighted by atomic mass is 10.1. The molecule has 0 unspecified atom stereocenters. The van der Waals surface area contributed by atoms with Crippen LogP contribution in [0.2, 0.25) is 0 Å². The molecule has 0 radical (unpaired) electrons. The van der Waals surface area contributed by atoms with Crippen LogP contribution in [-0.4, -0.2) is 41.9 Å². The van der Waals surface area contributed by atoms with E-state index in [0.717, 1.165) is 26.2 Å². The zero-order valence-corrected chi connectivity index (χ0v) is 19.6. The Morgan fingerprint density at radius 1 is 1.09 bits per heavy atom. The van der Waals surface area contributed by atoms with Crippen LogP contribution in [0.3, 0.4) is 0 Å². The summed E-state index contributed by atoms with van der Waals surface area (Å²) < 4.78 is 6.06. The second-order valence-corrected chi connectivity index (χ2v) is 8.53. The maximum Gasteiger partial charge on any atom is 0.311 e. The third kappa shape index (κ3) is 5.53. The highest BCUT2D eigenvalue weighted by molar-refractivity contribution is 9.10. The van der Waals surface area contributed by atoms with Crippen molar-refractivity contribution in [3.8, 4) is 0 Å². The minimum absolute atomic E-state index is 0.0119. The summed E-state index contributed by atoms with van der Waals surface area (Å²) in [6.07, 6.45) is -0.0976. The SMILES string of the molecule is Cc1ccccc1C(=O)NN1C[C@@H](C(=O)OCC(=O)Nc2cc(C)c(Br)c(C)c2)CC1=O. The van der Waals surface area contributed by atoms with Crippen molar-refractivity contribution in [2.45, 2.75) is 27.2 Å². The number of nitrogens with one attached hydrogen (secondary N) is 2. The highest BCUT2D eigenvalue weighted by Gasteiger charge is 2.36. The maximum atomic E-state index is 12.4. The first-order valence-corrected chi connectivity index (χ1v) is 10.8. The molecule has 0 aliphatic carbocycles. The Morgan fingerprint density at radius 3 is 2.41 bits per heavy atom. The van der Waals surface area contributed by atoms with Crippen molar-refractivity contribution in [3.63, 3.8) is 0 Å². The van der Waals surface area contributed by atoms with Crippen LogP contribution in [-0.2, 0) is 19.1 Å². The second-order valence-electron chi connectivity index (χ2n) is 7.74. The Morgan fingerprint density at radius 2 is 1.75 bits per heavy atom. The number of hydrogen-bond donors (Lipinski definition) is 2. The summed E-state index contributed by atoms with van der Waals surface area (Å²) in [7, 11) is 0. The number of carbonyl (C=O) groups excluding carboxylic acids is 4. The molecule has 1 aliphatic rings. The van der Waals surface area contributed by atoms with Crippen LogP contribution < -0.4 is 10.7 Å². The van der Waals surface area contributed by atoms with Crippen molar-refractivity contribution in [3.05, 3.63) is 63.1 Å². The third-order valence-corrected chi connectivity index (χ3v) is 6.40. The molecule has 3 amide bonds. The van der Waals surface area contributed by atoms with Gasteiger partial charge in [-0.1, -0.05) is 34.1 Å². The molecule has 1 aliphatic heterocycles. The number of amides is 3. The number of hydrogen-bond acceptors (Lipinski definition) is 5. The van der Waals surface area contributed by atoms with E-state index in [0.29, 0.717) is 11.3 Å². The fraction of sp³-hybridized carbons (Fsp3) is 0.304. The van der Waals surface area contributed by atoms with Gasteiger partial charge in [0.25, 0.3) is 11.8 Å². The maximum absolute atomic E-state index is 12.4. The smallest absolute Gasteiger partial charge is 0.311 e. The van der Waals surface area contributed by atoms with Gasteiger partial charge in [0.15, 0.2) is 6.61 Å². The van der Waals surface area contributed by atoms with Crippen LogP contribution in [0.4, 0.5) is 5.69 Å². The van der Waals surface area contributed by atoms with Gasteiger partial charge in [-0.2, -0.15) is 0 Å². The molecule has 0 spiro atoms. The summed E-state index contributed by atoms with van der Waals surface area (Å²) in [4.78, 5) is 49.2. The standard InChI is InChI=1S/C23H24BrN3O5/c1-13-6-4-5-7-18(13)22(30)26-27-11-16(10-20(27)29)23(31)32-12-19(28)25-17-8-14(2)21(24)15(3)9-17/h4-9,16H,10-12H2,1-3H3,(H,25,28)(H,26,30)/t16-/m0/s1. The van der Waals surface area contributed by atoms with E-state index >= 15 is 0 Å². The van der Waals surface area contributed by atoms with Crippen LogP contribution >= 0.6 is 15.9 Å². The Bertz CT molecular complexity index is 1060. The van der Waals surface area contributed by atoms with E-state index in [-0.39, 0.29) is 18.9 Å². The van der Waals surface area contributed by atoms with Crippen molar-refractivity contribution in [2.75, 3.05) is 18.5 Å². The van der Waals surface area contributed by atoms with Gasteiger partial charge in [-0.05, 0) is 55.7 Å². The zero-order valence-electron chi connectivity index (χ0n) is 18.0. The molecule has 0 saturated carbocycles. The molecule has 0 bridgehead atoms. The number of carbonyl (C=O) groups is 4. The number of nitrogens with zero attached hydrogens (tertiary/aromatic N) is 1. The number of ether oxygens (including phenoxy) is 1. The van der Waals surface area contributed by atoms with Gasteiger partial charge in [0.05, 0.1) is 12.5 Å². The van der Waals surface area contributed by atoms with Crippen LogP contribution in [0.25, 0.3) is 0 Å². The molecule has 2 aromatic carbocycles. The number of halogens is 1. The fourth-order valence-electron chi connectivity index (χ4n) is 3.45. The van der Waals surface area contributed by atoms with E-state index in [1.807, 2.05) is 19.9 Å². The number of benzene rings is 2. The lowest BCUT2D eigenvalue weighted by Crippen LogP contribution is -2.43. The number of aryl methyl sites for hydroxylation is 3. The summed E-state index contributed by atoms with van der Waals surface area (Å²) in [6.45, 7) is 5.14. The molecular weight excluding hydrogens is 478 g/mol. The van der Waals surface area contributed by atoms with Crippen LogP contribution in [0.5, 0.6) is 0 Å². The Balaban J connectivity index is 1.51. The second kappa shape index (κ2) is 9.95. The van der Waals surface area contributed by atoms with Crippen molar-refractivity contribution >= 4 is 45.3 Å². The summed E-state index contributed by atoms with van der Waals surface area (Å²) >= 11 is 3.47. The van der Waals surface area contributed by atoms with Gasteiger partial charge in [0.2, 0.25) is 5.91 Å². The van der Waals surface area contributed by atoms with Gasteiger partial charge < -0.3 is 10.1 Å². The quantitative estimate of drug-likeness (QED) is 0.591. The van der Waals surface area contributed by atoms with Crippen molar-refractivity contribution in [1.82, 2.24) is 10.4 Å². The van der Waals surface area contributed by atoms with Gasteiger partial charge in [0.1, 0.15) is 0 Å². The molecule has 2 N–H and O–H groups in total. The lowest BCUT2D eigenvalue weighted by molar-refractivity contribution is -0.151. The van der Waals surface area contributed by atoms with Gasteiger partial charge >= 0.3 is 5.97 Å². The van der Waals surface area contributed by atoms with Crippen LogP contribution in [0, 0.1) is 26.7 Å². The molecule has 32 heavy (non-hydrogen) atoms. The molecule has 2 aromatic rings. The van der Waals surface area contributed by atoms with Gasteiger partial charge in [-0.15, -0.1) is 0 Å². The summed E-state index contributed by atoms with van der Waals surface area (Å²) in [5, 5.41) is 3.81. The minimum atomic E-state index is -0.760. The fourth-order valence-corrected chi connectivity index (χ4v) is 3.68. The molecular formula is C23H24BrN3O5. The van der Waals surface area contributed by atoms with Crippen molar-refractivity contribution < 1.29 is 23.9 Å². The summed E-state index contributed by atoms with van der Waals surface area (Å²) in [6, 6.07) is 10.6. The van der Waals surface area contributed by atoms with Crippen LogP contribution in [0.15, 0.2) is 40.9 Å². The number of rotatable bonds is 6. The molecule has 1 saturated heterocycles. The number of anilines is 1. The Kier molecular flexibility index (Phi) is 7.29. The van der Waals surface area contributed by atoms with E-state index in [9.17, 15) is 19.2 Å². The summed E-state index contributed by atoms with van der Waals surface area (Å²) in [5.41, 5.74) is 6.29. The molecule has 1 fully saturated rings. The third-order valence-electron chi connectivity index (χ3n) is 5.15. The van der Waals surface area contributed by atoms with Gasteiger partial charge in [-0.25, -0.2) is 0 Å². The Hall–Kier alpha value is -3.20. The average Bonchev–Trinajstić information content (AvgIpc) is 3.10. The molecule has 0 aromatic heterocycles. The number of hydrazine groups is 1. The normalized spacial score (nSPS) is 15.4. The highest BCUT2D eigenvalue weighted by Crippen LogP contribution is 2.25. The monoisotopic (exact) mass is 501 g/mol. The first-order chi connectivity index (χ1) is 15.2. The van der Waals surface area contributed by atoms with E-state index in [1.165, 1.54) is 0 Å². The van der Waals surface area contributed by atoms with E-state index in [4.69, 9.17) is 4.74 Å². The first-order valence-electron chi connectivity index (χ1n) is 10.1. The molecule has 9 heteroatoms. The van der Waals surface area contributed by atoms with Crippen molar-refractivity contribution in [1.29, 1.82) is 0 Å². The molecule has 168 valence electrons. The summed E-state index contributed by atoms with van der Waals surface area (Å²) in [5.74, 6) is -2.72. The average molecular weight is 502 g/mol. The predicted octanol–water partition coefficient (Wildman–Crippen LogP) is 3.05. The predicted molar refractivity (Wildman–Crippen MR) is 122 cm³/mol. The topological polar surface area (TPSA) is 105 Å². The Labute approximate surface area is 194 Å². The van der Waals surface area contributed by atoms with Crippen molar-refractivity contribution in [2.24, 2.45) is 5.92 Å². The molecule has 3 rings (SSSR count). The van der Waals surface area contributed by atoms with Gasteiger partial charge in [-0.3, -0.25) is 29.6 Å². The molecule has 8 nitrogen and oxygen atoms in total. The zero-order chi connectivity index (χ0) is 23.4. The lowest BCUT2D eigenvalue weighted by Gasteiger charge is -2.18. The minimum Gasteiger partial charge on any atom is -0.455 e. The van der Waals surface area contributed by atoms with Crippen LogP contribution in [0.1, 0.15) is 33.5 Å². The van der Waals surface area contributed by atoms with E-state index < -0.39 is 30.3 Å². The first kappa shape index (κ1) is 23.5. The van der Waals surface area contributed by atoms with E-state index in [1.54, 1.807) is 37.3 Å². The van der Waals surface area contributed by atoms with E-state index in [2.05, 4.69) is 26.7 Å². The molecule has 1 atom stereocenters.